The Morgan fingerprint density at radius 1 is 1.31 bits per heavy atom. The molecule has 1 N–H and O–H groups in total. The number of carbonyl (C=O) groups is 1. The summed E-state index contributed by atoms with van der Waals surface area (Å²) in [5, 5.41) is 12.5. The number of rotatable bonds is 5. The third-order valence-electron chi connectivity index (χ3n) is 3.53. The minimum Gasteiger partial charge on any atom is -0.360 e. The average molecular weight is 403 g/mol. The van der Waals surface area contributed by atoms with Gasteiger partial charge in [-0.25, -0.2) is 9.97 Å². The molecule has 0 saturated carbocycles. The summed E-state index contributed by atoms with van der Waals surface area (Å²) in [6.07, 6.45) is 0. The molecule has 4 aromatic heterocycles. The van der Waals surface area contributed by atoms with Crippen LogP contribution in [-0.4, -0.2) is 26.8 Å². The van der Waals surface area contributed by atoms with E-state index in [0.717, 1.165) is 20.8 Å². The molecular weight excluding hydrogens is 388 g/mol. The highest BCUT2D eigenvalue weighted by atomic mass is 32.2. The summed E-state index contributed by atoms with van der Waals surface area (Å²) in [5.74, 6) is 1.86. The highest BCUT2D eigenvalue weighted by Crippen LogP contribution is 2.39. The van der Waals surface area contributed by atoms with Gasteiger partial charge in [0.25, 0.3) is 0 Å². The van der Waals surface area contributed by atoms with E-state index in [0.29, 0.717) is 17.4 Å². The lowest BCUT2D eigenvalue weighted by atomic mass is 10.2. The van der Waals surface area contributed by atoms with Crippen LogP contribution in [0, 0.1) is 13.8 Å². The molecule has 0 aromatic carbocycles. The molecule has 6 nitrogen and oxygen atoms in total. The molecule has 9 heteroatoms. The van der Waals surface area contributed by atoms with Crippen LogP contribution in [0.15, 0.2) is 38.5 Å². The SMILES string of the molecule is Cc1nc(SCC(=O)Nc2cc(C)on2)c2c(-c3cccs3)csc2n1. The molecule has 4 aromatic rings. The van der Waals surface area contributed by atoms with Gasteiger partial charge in [-0.05, 0) is 25.3 Å². The fourth-order valence-electron chi connectivity index (χ4n) is 2.47. The molecule has 0 aliphatic rings. The van der Waals surface area contributed by atoms with Crippen molar-refractivity contribution in [2.24, 2.45) is 0 Å². The predicted octanol–water partition coefficient (Wildman–Crippen LogP) is 4.76. The second kappa shape index (κ2) is 7.18. The molecule has 0 aliphatic heterocycles. The van der Waals surface area contributed by atoms with Crippen LogP contribution < -0.4 is 5.32 Å². The number of nitrogens with zero attached hydrogens (tertiary/aromatic N) is 3. The highest BCUT2D eigenvalue weighted by Gasteiger charge is 2.17. The lowest BCUT2D eigenvalue weighted by Crippen LogP contribution is -2.14. The van der Waals surface area contributed by atoms with Crippen molar-refractivity contribution in [1.82, 2.24) is 15.1 Å². The molecule has 0 unspecified atom stereocenters. The molecule has 4 rings (SSSR count). The first-order chi connectivity index (χ1) is 12.6. The molecule has 4 heterocycles. The zero-order valence-corrected chi connectivity index (χ0v) is 16.4. The zero-order valence-electron chi connectivity index (χ0n) is 14.0. The third-order valence-corrected chi connectivity index (χ3v) is 6.28. The maximum atomic E-state index is 12.2. The minimum atomic E-state index is -0.152. The Morgan fingerprint density at radius 3 is 2.92 bits per heavy atom. The van der Waals surface area contributed by atoms with Crippen LogP contribution in [-0.2, 0) is 4.79 Å². The van der Waals surface area contributed by atoms with Crippen LogP contribution in [0.2, 0.25) is 0 Å². The van der Waals surface area contributed by atoms with E-state index >= 15 is 0 Å². The van der Waals surface area contributed by atoms with Crippen molar-refractivity contribution >= 4 is 56.4 Å². The van der Waals surface area contributed by atoms with Gasteiger partial charge in [0.2, 0.25) is 5.91 Å². The summed E-state index contributed by atoms with van der Waals surface area (Å²) < 4.78 is 4.96. The Balaban J connectivity index is 1.59. The summed E-state index contributed by atoms with van der Waals surface area (Å²) in [6, 6.07) is 5.79. The molecule has 0 bridgehead atoms. The maximum Gasteiger partial charge on any atom is 0.236 e. The third kappa shape index (κ3) is 3.50. The summed E-state index contributed by atoms with van der Waals surface area (Å²) >= 11 is 4.68. The van der Waals surface area contributed by atoms with Crippen LogP contribution in [0.1, 0.15) is 11.6 Å². The van der Waals surface area contributed by atoms with E-state index in [1.807, 2.05) is 18.4 Å². The van der Waals surface area contributed by atoms with Crippen LogP contribution >= 0.6 is 34.4 Å². The molecule has 26 heavy (non-hydrogen) atoms. The van der Waals surface area contributed by atoms with Gasteiger partial charge in [0.1, 0.15) is 21.4 Å². The van der Waals surface area contributed by atoms with E-state index in [-0.39, 0.29) is 11.7 Å². The first kappa shape index (κ1) is 17.2. The molecule has 132 valence electrons. The van der Waals surface area contributed by atoms with E-state index in [4.69, 9.17) is 4.52 Å². The standard InChI is InChI=1S/C17H14N4O2S3/c1-9-6-13(21-23-9)20-14(22)8-26-17-15-11(12-4-3-5-24-12)7-25-16(15)18-10(2)19-17/h3-7H,8H2,1-2H3,(H,20,21,22). The molecule has 0 spiro atoms. The Kier molecular flexibility index (Phi) is 4.75. The fraction of sp³-hybridized carbons (Fsp3) is 0.176. The maximum absolute atomic E-state index is 12.2. The molecule has 0 aliphatic carbocycles. The van der Waals surface area contributed by atoms with E-state index in [9.17, 15) is 4.79 Å². The highest BCUT2D eigenvalue weighted by molar-refractivity contribution is 8.00. The van der Waals surface area contributed by atoms with Crippen LogP contribution in [0.4, 0.5) is 5.82 Å². The van der Waals surface area contributed by atoms with Gasteiger partial charge < -0.3 is 9.84 Å². The Labute approximate surface area is 161 Å². The number of aromatic nitrogens is 3. The fourth-order valence-corrected chi connectivity index (χ4v) is 5.23. The number of nitrogens with one attached hydrogen (secondary N) is 1. The lowest BCUT2D eigenvalue weighted by molar-refractivity contribution is -0.113. The lowest BCUT2D eigenvalue weighted by Gasteiger charge is -2.06. The van der Waals surface area contributed by atoms with Gasteiger partial charge in [0.05, 0.1) is 11.1 Å². The van der Waals surface area contributed by atoms with E-state index in [2.05, 4.69) is 31.9 Å². The molecule has 0 radical (unpaired) electrons. The Morgan fingerprint density at radius 2 is 2.19 bits per heavy atom. The van der Waals surface area contributed by atoms with Crippen molar-refractivity contribution in [2.75, 3.05) is 11.1 Å². The molecule has 0 atom stereocenters. The van der Waals surface area contributed by atoms with Gasteiger partial charge in [-0.1, -0.05) is 23.0 Å². The number of fused-ring (bicyclic) bond motifs is 1. The molecule has 1 amide bonds. The van der Waals surface area contributed by atoms with Crippen molar-refractivity contribution in [1.29, 1.82) is 0 Å². The van der Waals surface area contributed by atoms with Gasteiger partial charge in [-0.2, -0.15) is 0 Å². The molecular formula is C17H14N4O2S3. The van der Waals surface area contributed by atoms with Crippen molar-refractivity contribution < 1.29 is 9.32 Å². The number of hydrogen-bond acceptors (Lipinski definition) is 8. The van der Waals surface area contributed by atoms with Gasteiger partial charge >= 0.3 is 0 Å². The number of carbonyl (C=O) groups excluding carboxylic acids is 1. The number of anilines is 1. The van der Waals surface area contributed by atoms with Crippen molar-refractivity contribution in [3.63, 3.8) is 0 Å². The summed E-state index contributed by atoms with van der Waals surface area (Å²) in [7, 11) is 0. The smallest absolute Gasteiger partial charge is 0.236 e. The van der Waals surface area contributed by atoms with E-state index in [1.165, 1.54) is 16.6 Å². The zero-order chi connectivity index (χ0) is 18.1. The first-order valence-corrected chi connectivity index (χ1v) is 10.5. The van der Waals surface area contributed by atoms with E-state index < -0.39 is 0 Å². The first-order valence-electron chi connectivity index (χ1n) is 7.76. The predicted molar refractivity (Wildman–Crippen MR) is 106 cm³/mol. The topological polar surface area (TPSA) is 80.9 Å². The average Bonchev–Trinajstić information content (AvgIpc) is 3.33. The van der Waals surface area contributed by atoms with Gasteiger partial charge in [-0.3, -0.25) is 4.79 Å². The van der Waals surface area contributed by atoms with E-state index in [1.54, 1.807) is 35.7 Å². The van der Waals surface area contributed by atoms with Crippen molar-refractivity contribution in [3.8, 4) is 10.4 Å². The summed E-state index contributed by atoms with van der Waals surface area (Å²) in [4.78, 5) is 23.4. The second-order valence-corrected chi connectivity index (χ2v) is 8.31. The minimum absolute atomic E-state index is 0.152. The Hall–Kier alpha value is -2.23. The molecule has 0 saturated heterocycles. The van der Waals surface area contributed by atoms with Crippen molar-refractivity contribution in [3.05, 3.63) is 40.5 Å². The number of hydrogen-bond donors (Lipinski definition) is 1. The molecule has 0 fully saturated rings. The van der Waals surface area contributed by atoms with Crippen molar-refractivity contribution in [2.45, 2.75) is 18.9 Å². The summed E-state index contributed by atoms with van der Waals surface area (Å²) in [5.41, 5.74) is 1.12. The Bertz CT molecular complexity index is 1070. The second-order valence-electron chi connectivity index (χ2n) is 5.54. The number of amides is 1. The summed E-state index contributed by atoms with van der Waals surface area (Å²) in [6.45, 7) is 3.65. The largest absolute Gasteiger partial charge is 0.360 e. The van der Waals surface area contributed by atoms with Gasteiger partial charge in [0, 0.05) is 21.9 Å². The number of thioether (sulfide) groups is 1. The monoisotopic (exact) mass is 402 g/mol. The quantitative estimate of drug-likeness (QED) is 0.383. The number of thiophene rings is 2. The normalized spacial score (nSPS) is 11.2. The van der Waals surface area contributed by atoms with Gasteiger partial charge in [0.15, 0.2) is 5.82 Å². The van der Waals surface area contributed by atoms with Crippen LogP contribution in [0.25, 0.3) is 20.7 Å². The van der Waals surface area contributed by atoms with Gasteiger partial charge in [-0.15, -0.1) is 22.7 Å². The van der Waals surface area contributed by atoms with Crippen LogP contribution in [0.5, 0.6) is 0 Å². The van der Waals surface area contributed by atoms with Crippen LogP contribution in [0.3, 0.4) is 0 Å². The number of aryl methyl sites for hydroxylation is 2.